The Morgan fingerprint density at radius 1 is 1.18 bits per heavy atom. The van der Waals surface area contributed by atoms with Crippen molar-refractivity contribution in [3.05, 3.63) is 59.6 Å². The number of fused-ring (bicyclic) bond motifs is 2. The molecule has 0 bridgehead atoms. The molecule has 2 aromatic heterocycles. The van der Waals surface area contributed by atoms with Crippen LogP contribution in [0, 0.1) is 0 Å². The summed E-state index contributed by atoms with van der Waals surface area (Å²) >= 11 is 0. The van der Waals surface area contributed by atoms with E-state index in [0.717, 1.165) is 5.56 Å². The molecule has 2 fully saturated rings. The Labute approximate surface area is 215 Å². The Kier molecular flexibility index (Phi) is 5.73. The number of rotatable bonds is 5. The molecule has 13 nitrogen and oxygen atoms in total. The van der Waals surface area contributed by atoms with Gasteiger partial charge in [0.2, 0.25) is 0 Å². The molecule has 0 aliphatic carbocycles. The second kappa shape index (κ2) is 9.11. The number of aromatic nitrogens is 1. The minimum atomic E-state index is -1.91. The molecule has 5 amide bonds. The van der Waals surface area contributed by atoms with Crippen molar-refractivity contribution in [1.29, 1.82) is 0 Å². The van der Waals surface area contributed by atoms with Gasteiger partial charge in [0.25, 0.3) is 11.8 Å². The lowest BCUT2D eigenvalue weighted by Gasteiger charge is -2.29. The first kappa shape index (κ1) is 23.9. The maximum absolute atomic E-state index is 13.9. The molecule has 0 radical (unpaired) electrons. The largest absolute Gasteiger partial charge is 0.497 e. The van der Waals surface area contributed by atoms with Gasteiger partial charge in [-0.1, -0.05) is 6.07 Å². The van der Waals surface area contributed by atoms with Crippen LogP contribution in [0.15, 0.2) is 47.1 Å². The van der Waals surface area contributed by atoms with Crippen LogP contribution in [-0.4, -0.2) is 78.5 Å². The van der Waals surface area contributed by atoms with Gasteiger partial charge in [-0.25, -0.2) is 9.59 Å². The maximum Gasteiger partial charge on any atom is 0.425 e. The number of nitrogens with zero attached hydrogens (tertiary/aromatic N) is 3. The SMILES string of the molecule is COc1ccc2c(c1)C(=O)N(C[C@@]1(c3cc4cnccc4o3)NC(=O)N(C(=O)OC3COCOC3)C1=O)C2. The Balaban J connectivity index is 1.36. The molecule has 1 atom stereocenters. The van der Waals surface area contributed by atoms with E-state index in [2.05, 4.69) is 10.3 Å². The molecular weight excluding hydrogens is 500 g/mol. The van der Waals surface area contributed by atoms with Crippen LogP contribution in [0.1, 0.15) is 21.7 Å². The van der Waals surface area contributed by atoms with Gasteiger partial charge in [-0.3, -0.25) is 14.6 Å². The highest BCUT2D eigenvalue weighted by Crippen LogP contribution is 2.37. The van der Waals surface area contributed by atoms with E-state index in [1.165, 1.54) is 24.4 Å². The fourth-order valence-electron chi connectivity index (χ4n) is 4.80. The summed E-state index contributed by atoms with van der Waals surface area (Å²) in [5.74, 6) is -0.762. The summed E-state index contributed by atoms with van der Waals surface area (Å²) in [5.41, 5.74) is -0.352. The van der Waals surface area contributed by atoms with Crippen LogP contribution in [0.3, 0.4) is 0 Å². The normalized spacial score (nSPS) is 21.7. The van der Waals surface area contributed by atoms with E-state index in [-0.39, 0.29) is 44.8 Å². The van der Waals surface area contributed by atoms with E-state index >= 15 is 0 Å². The van der Waals surface area contributed by atoms with Gasteiger partial charge >= 0.3 is 12.1 Å². The Hall–Kier alpha value is -4.49. The minimum Gasteiger partial charge on any atom is -0.497 e. The molecule has 0 spiro atoms. The number of furan rings is 1. The summed E-state index contributed by atoms with van der Waals surface area (Å²) in [4.78, 5) is 59.1. The third-order valence-corrected chi connectivity index (χ3v) is 6.68. The Morgan fingerprint density at radius 2 is 2.00 bits per heavy atom. The number of amides is 5. The summed E-state index contributed by atoms with van der Waals surface area (Å²) in [7, 11) is 1.50. The van der Waals surface area contributed by atoms with Crippen LogP contribution in [0.4, 0.5) is 9.59 Å². The van der Waals surface area contributed by atoms with Crippen LogP contribution in [0.25, 0.3) is 11.0 Å². The van der Waals surface area contributed by atoms with Gasteiger partial charge in [-0.05, 0) is 29.8 Å². The number of imide groups is 3. The number of pyridine rings is 1. The van der Waals surface area contributed by atoms with Crippen LogP contribution in [-0.2, 0) is 31.1 Å². The zero-order valence-corrected chi connectivity index (χ0v) is 20.2. The zero-order chi connectivity index (χ0) is 26.4. The van der Waals surface area contributed by atoms with E-state index in [9.17, 15) is 19.2 Å². The third kappa shape index (κ3) is 3.83. The first-order chi connectivity index (χ1) is 18.4. The highest BCUT2D eigenvalue weighted by atomic mass is 16.7. The first-order valence-corrected chi connectivity index (χ1v) is 11.7. The second-order valence-corrected chi connectivity index (χ2v) is 9.05. The number of urea groups is 1. The van der Waals surface area contributed by atoms with Gasteiger partial charge in [0, 0.05) is 29.9 Å². The van der Waals surface area contributed by atoms with Gasteiger partial charge in [-0.2, -0.15) is 4.90 Å². The number of hydrogen-bond donors (Lipinski definition) is 1. The number of hydrogen-bond acceptors (Lipinski definition) is 10. The van der Waals surface area contributed by atoms with Crippen molar-refractivity contribution >= 4 is 34.9 Å². The standard InChI is InChI=1S/C25H22N4O9/c1-34-16-3-2-14-9-28(21(30)18(14)7-16)12-25(20-6-15-8-26-5-4-19(15)38-20)22(31)29(23(32)27-25)24(33)37-17-10-35-13-36-11-17/h2-8,17H,9-13H2,1H3,(H,27,32)/t25-/m0/s1. The van der Waals surface area contributed by atoms with Gasteiger partial charge < -0.3 is 33.6 Å². The molecule has 3 aliphatic heterocycles. The second-order valence-electron chi connectivity index (χ2n) is 9.05. The van der Waals surface area contributed by atoms with Gasteiger partial charge in [0.05, 0.1) is 26.9 Å². The Morgan fingerprint density at radius 3 is 2.76 bits per heavy atom. The lowest BCUT2D eigenvalue weighted by atomic mass is 9.95. The van der Waals surface area contributed by atoms with Crippen molar-refractivity contribution in [2.45, 2.75) is 18.2 Å². The molecule has 196 valence electrons. The summed E-state index contributed by atoms with van der Waals surface area (Å²) < 4.78 is 26.7. The van der Waals surface area contributed by atoms with Crippen LogP contribution in [0.5, 0.6) is 5.75 Å². The fourth-order valence-corrected chi connectivity index (χ4v) is 4.80. The topological polar surface area (TPSA) is 150 Å². The monoisotopic (exact) mass is 522 g/mol. The number of nitrogens with one attached hydrogen (secondary N) is 1. The number of carbonyl (C=O) groups is 4. The van der Waals surface area contributed by atoms with Crippen molar-refractivity contribution in [1.82, 2.24) is 20.1 Å². The van der Waals surface area contributed by atoms with E-state index in [0.29, 0.717) is 27.2 Å². The third-order valence-electron chi connectivity index (χ3n) is 6.68. The molecule has 1 N–H and O–H groups in total. The van der Waals surface area contributed by atoms with Crippen molar-refractivity contribution in [2.75, 3.05) is 33.7 Å². The quantitative estimate of drug-likeness (QED) is 0.491. The van der Waals surface area contributed by atoms with E-state index in [1.807, 2.05) is 0 Å². The average Bonchev–Trinajstić information content (AvgIpc) is 3.57. The molecular formula is C25H22N4O9. The Bertz CT molecular complexity index is 1430. The van der Waals surface area contributed by atoms with E-state index < -0.39 is 29.7 Å². The van der Waals surface area contributed by atoms with Gasteiger partial charge in [0.1, 0.15) is 23.9 Å². The van der Waals surface area contributed by atoms with Crippen molar-refractivity contribution in [3.63, 3.8) is 0 Å². The lowest BCUT2D eigenvalue weighted by molar-refractivity contribution is -0.155. The zero-order valence-electron chi connectivity index (χ0n) is 20.2. The summed E-state index contributed by atoms with van der Waals surface area (Å²) in [6, 6.07) is 7.25. The average molecular weight is 522 g/mol. The molecule has 6 rings (SSSR count). The van der Waals surface area contributed by atoms with Crippen LogP contribution >= 0.6 is 0 Å². The van der Waals surface area contributed by atoms with Crippen LogP contribution in [0.2, 0.25) is 0 Å². The van der Waals surface area contributed by atoms with Crippen molar-refractivity contribution < 1.29 is 42.5 Å². The molecule has 38 heavy (non-hydrogen) atoms. The number of benzene rings is 1. The molecule has 1 aromatic carbocycles. The van der Waals surface area contributed by atoms with Gasteiger partial charge in [0.15, 0.2) is 11.6 Å². The maximum atomic E-state index is 13.9. The van der Waals surface area contributed by atoms with E-state index in [1.54, 1.807) is 30.3 Å². The molecule has 2 saturated heterocycles. The smallest absolute Gasteiger partial charge is 0.425 e. The van der Waals surface area contributed by atoms with Gasteiger partial charge in [-0.15, -0.1) is 0 Å². The summed E-state index contributed by atoms with van der Waals surface area (Å²) in [5, 5.41) is 3.17. The number of ether oxygens (including phenoxy) is 4. The van der Waals surface area contributed by atoms with Crippen LogP contribution < -0.4 is 10.1 Å². The fraction of sp³-hybridized carbons (Fsp3) is 0.320. The molecule has 0 saturated carbocycles. The summed E-state index contributed by atoms with van der Waals surface area (Å²) in [6.45, 7) is 0.0354. The minimum absolute atomic E-state index is 0.0415. The highest BCUT2D eigenvalue weighted by Gasteiger charge is 2.59. The predicted molar refractivity (Wildman–Crippen MR) is 126 cm³/mol. The number of carbonyl (C=O) groups excluding carboxylic acids is 4. The summed E-state index contributed by atoms with van der Waals surface area (Å²) in [6.07, 6.45) is 1.07. The molecule has 5 heterocycles. The van der Waals surface area contributed by atoms with Crippen molar-refractivity contribution in [3.8, 4) is 5.75 Å². The molecule has 0 unspecified atom stereocenters. The molecule has 3 aromatic rings. The highest BCUT2D eigenvalue weighted by molar-refractivity contribution is 6.17. The molecule has 3 aliphatic rings. The predicted octanol–water partition coefficient (Wildman–Crippen LogP) is 1.75. The number of methoxy groups -OCH3 is 1. The van der Waals surface area contributed by atoms with Crippen molar-refractivity contribution in [2.24, 2.45) is 0 Å². The first-order valence-electron chi connectivity index (χ1n) is 11.7. The van der Waals surface area contributed by atoms with E-state index in [4.69, 9.17) is 23.4 Å². The lowest BCUT2D eigenvalue weighted by Crippen LogP contribution is -2.53. The molecule has 13 heteroatoms.